The summed E-state index contributed by atoms with van der Waals surface area (Å²) in [6.07, 6.45) is 3.04. The zero-order valence-electron chi connectivity index (χ0n) is 8.64. The van der Waals surface area contributed by atoms with Gasteiger partial charge in [-0.25, -0.2) is 5.84 Å². The standard InChI is InChI=1S/C11H17N3/c1-9(2)10-4-3-5-11(8-10)14(13)7-6-12/h3-9H,12-13H2,1-2H3/b7-6-. The molecule has 76 valence electrons. The van der Waals surface area contributed by atoms with Crippen LogP contribution >= 0.6 is 0 Å². The molecule has 0 aromatic heterocycles. The van der Waals surface area contributed by atoms with Gasteiger partial charge >= 0.3 is 0 Å². The van der Waals surface area contributed by atoms with Gasteiger partial charge in [0.2, 0.25) is 0 Å². The van der Waals surface area contributed by atoms with E-state index in [1.807, 2.05) is 12.1 Å². The minimum atomic E-state index is 0.505. The highest BCUT2D eigenvalue weighted by Crippen LogP contribution is 2.19. The van der Waals surface area contributed by atoms with E-state index >= 15 is 0 Å². The molecule has 0 atom stereocenters. The lowest BCUT2D eigenvalue weighted by atomic mass is 10.0. The summed E-state index contributed by atoms with van der Waals surface area (Å²) in [5.74, 6) is 6.25. The number of benzene rings is 1. The van der Waals surface area contributed by atoms with Crippen LogP contribution < -0.4 is 16.6 Å². The first-order valence-corrected chi connectivity index (χ1v) is 4.67. The zero-order valence-corrected chi connectivity index (χ0v) is 8.64. The maximum Gasteiger partial charge on any atom is 0.0571 e. The van der Waals surface area contributed by atoms with Gasteiger partial charge in [-0.05, 0) is 23.6 Å². The molecule has 1 aromatic carbocycles. The van der Waals surface area contributed by atoms with Gasteiger partial charge in [-0.1, -0.05) is 26.0 Å². The van der Waals surface area contributed by atoms with Crippen LogP contribution in [-0.4, -0.2) is 0 Å². The van der Waals surface area contributed by atoms with Crippen LogP contribution in [0, 0.1) is 0 Å². The van der Waals surface area contributed by atoms with Crippen molar-refractivity contribution >= 4 is 5.69 Å². The molecule has 4 N–H and O–H groups in total. The quantitative estimate of drug-likeness (QED) is 0.567. The molecular weight excluding hydrogens is 174 g/mol. The van der Waals surface area contributed by atoms with Crippen molar-refractivity contribution in [2.45, 2.75) is 19.8 Å². The first-order chi connectivity index (χ1) is 6.65. The number of hydrogen-bond donors (Lipinski definition) is 2. The second-order valence-corrected chi connectivity index (χ2v) is 3.50. The highest BCUT2D eigenvalue weighted by molar-refractivity contribution is 5.49. The maximum atomic E-state index is 5.74. The fourth-order valence-corrected chi connectivity index (χ4v) is 1.22. The molecule has 0 fully saturated rings. The molecule has 3 nitrogen and oxygen atoms in total. The smallest absolute Gasteiger partial charge is 0.0571 e. The SMILES string of the molecule is CC(C)c1cccc(N(N)/C=C\N)c1. The Balaban J connectivity index is 2.93. The van der Waals surface area contributed by atoms with Crippen molar-refractivity contribution in [1.82, 2.24) is 0 Å². The van der Waals surface area contributed by atoms with Gasteiger partial charge in [0.25, 0.3) is 0 Å². The summed E-state index contributed by atoms with van der Waals surface area (Å²) in [5, 5.41) is 1.51. The Labute approximate surface area is 85.0 Å². The summed E-state index contributed by atoms with van der Waals surface area (Å²) in [5.41, 5.74) is 7.47. The second kappa shape index (κ2) is 4.67. The van der Waals surface area contributed by atoms with Crippen LogP contribution in [0.15, 0.2) is 36.7 Å². The van der Waals surface area contributed by atoms with Crippen LogP contribution in [-0.2, 0) is 0 Å². The average Bonchev–Trinajstić information content (AvgIpc) is 2.18. The lowest BCUT2D eigenvalue weighted by Gasteiger charge is -2.15. The summed E-state index contributed by atoms with van der Waals surface area (Å²) in [4.78, 5) is 0. The Bertz CT molecular complexity index is 318. The second-order valence-electron chi connectivity index (χ2n) is 3.50. The van der Waals surface area contributed by atoms with Crippen molar-refractivity contribution in [2.24, 2.45) is 11.6 Å². The predicted octanol–water partition coefficient (Wildman–Crippen LogP) is 1.92. The molecular formula is C11H17N3. The summed E-state index contributed by atoms with van der Waals surface area (Å²) >= 11 is 0. The fraction of sp³-hybridized carbons (Fsp3) is 0.273. The molecule has 0 aliphatic carbocycles. The maximum absolute atomic E-state index is 5.74. The van der Waals surface area contributed by atoms with Crippen molar-refractivity contribution in [1.29, 1.82) is 0 Å². The van der Waals surface area contributed by atoms with E-state index in [-0.39, 0.29) is 0 Å². The van der Waals surface area contributed by atoms with E-state index in [1.54, 1.807) is 6.20 Å². The van der Waals surface area contributed by atoms with E-state index in [0.29, 0.717) is 5.92 Å². The minimum absolute atomic E-state index is 0.505. The molecule has 14 heavy (non-hydrogen) atoms. The number of anilines is 1. The topological polar surface area (TPSA) is 55.3 Å². The van der Waals surface area contributed by atoms with Crippen molar-refractivity contribution in [2.75, 3.05) is 5.01 Å². The highest BCUT2D eigenvalue weighted by atomic mass is 15.4. The van der Waals surface area contributed by atoms with Gasteiger partial charge in [0.05, 0.1) is 5.69 Å². The number of nitrogens with zero attached hydrogens (tertiary/aromatic N) is 1. The molecule has 0 bridgehead atoms. The Kier molecular flexibility index (Phi) is 3.54. The monoisotopic (exact) mass is 191 g/mol. The van der Waals surface area contributed by atoms with E-state index in [9.17, 15) is 0 Å². The van der Waals surface area contributed by atoms with Crippen LogP contribution in [0.5, 0.6) is 0 Å². The molecule has 0 saturated heterocycles. The third-order valence-electron chi connectivity index (χ3n) is 2.08. The summed E-state index contributed by atoms with van der Waals surface area (Å²) in [6, 6.07) is 8.10. The predicted molar refractivity (Wildman–Crippen MR) is 60.5 cm³/mol. The lowest BCUT2D eigenvalue weighted by Crippen LogP contribution is -2.24. The van der Waals surface area contributed by atoms with Gasteiger partial charge in [0, 0.05) is 12.4 Å². The number of hydrogen-bond acceptors (Lipinski definition) is 3. The van der Waals surface area contributed by atoms with Crippen molar-refractivity contribution in [3.63, 3.8) is 0 Å². The Morgan fingerprint density at radius 2 is 2.07 bits per heavy atom. The van der Waals surface area contributed by atoms with Gasteiger partial charge in [-0.2, -0.15) is 0 Å². The van der Waals surface area contributed by atoms with Gasteiger partial charge < -0.3 is 5.73 Å². The van der Waals surface area contributed by atoms with Crippen molar-refractivity contribution < 1.29 is 0 Å². The average molecular weight is 191 g/mol. The first-order valence-electron chi connectivity index (χ1n) is 4.67. The van der Waals surface area contributed by atoms with Gasteiger partial charge in [0.15, 0.2) is 0 Å². The third-order valence-corrected chi connectivity index (χ3v) is 2.08. The molecule has 3 heteroatoms. The van der Waals surface area contributed by atoms with Crippen molar-refractivity contribution in [3.05, 3.63) is 42.2 Å². The molecule has 0 unspecified atom stereocenters. The van der Waals surface area contributed by atoms with E-state index in [2.05, 4.69) is 26.0 Å². The molecule has 1 rings (SSSR count). The minimum Gasteiger partial charge on any atom is -0.403 e. The van der Waals surface area contributed by atoms with Crippen LogP contribution in [0.3, 0.4) is 0 Å². The summed E-state index contributed by atoms with van der Waals surface area (Å²) < 4.78 is 0. The van der Waals surface area contributed by atoms with Gasteiger partial charge in [-0.3, -0.25) is 5.01 Å². The van der Waals surface area contributed by atoms with Crippen LogP contribution in [0.2, 0.25) is 0 Å². The Morgan fingerprint density at radius 1 is 1.36 bits per heavy atom. The molecule has 0 heterocycles. The first kappa shape index (κ1) is 10.6. The van der Waals surface area contributed by atoms with Crippen LogP contribution in [0.25, 0.3) is 0 Å². The van der Waals surface area contributed by atoms with E-state index in [4.69, 9.17) is 11.6 Å². The number of nitrogens with two attached hydrogens (primary N) is 2. The molecule has 0 saturated carbocycles. The Morgan fingerprint density at radius 3 is 2.64 bits per heavy atom. The third kappa shape index (κ3) is 2.50. The molecule has 0 aliphatic heterocycles. The van der Waals surface area contributed by atoms with Crippen molar-refractivity contribution in [3.8, 4) is 0 Å². The van der Waals surface area contributed by atoms with E-state index in [1.165, 1.54) is 16.8 Å². The largest absolute Gasteiger partial charge is 0.403 e. The van der Waals surface area contributed by atoms with Crippen LogP contribution in [0.4, 0.5) is 5.69 Å². The van der Waals surface area contributed by atoms with Gasteiger partial charge in [-0.15, -0.1) is 0 Å². The van der Waals surface area contributed by atoms with Crippen LogP contribution in [0.1, 0.15) is 25.3 Å². The normalized spacial score (nSPS) is 11.1. The number of hydrazine groups is 1. The van der Waals surface area contributed by atoms with Gasteiger partial charge in [0.1, 0.15) is 0 Å². The molecule has 0 amide bonds. The molecule has 1 aromatic rings. The highest BCUT2D eigenvalue weighted by Gasteiger charge is 2.02. The zero-order chi connectivity index (χ0) is 10.6. The molecule has 0 spiro atoms. The number of rotatable bonds is 3. The summed E-state index contributed by atoms with van der Waals surface area (Å²) in [6.45, 7) is 4.30. The molecule has 0 aliphatic rings. The lowest BCUT2D eigenvalue weighted by molar-refractivity contribution is 0.865. The Hall–Kier alpha value is -1.48. The van der Waals surface area contributed by atoms with E-state index < -0.39 is 0 Å². The van der Waals surface area contributed by atoms with E-state index in [0.717, 1.165) is 5.69 Å². The molecule has 0 radical (unpaired) electrons. The summed E-state index contributed by atoms with van der Waals surface area (Å²) in [7, 11) is 0. The fourth-order valence-electron chi connectivity index (χ4n) is 1.22.